The molecular weight excluding hydrogens is 473 g/mol. The molecule has 0 atom stereocenters. The first-order valence-electron chi connectivity index (χ1n) is 12.7. The number of hydrogen-bond acceptors (Lipinski definition) is 7. The van der Waals surface area contributed by atoms with Gasteiger partial charge in [-0.05, 0) is 81.5 Å². The normalized spacial score (nSPS) is 17.5. The topological polar surface area (TPSA) is 110 Å². The molecule has 3 N–H and O–H groups in total. The van der Waals surface area contributed by atoms with E-state index >= 15 is 4.39 Å². The fraction of sp³-hybridized carbons (Fsp3) is 0.407. The van der Waals surface area contributed by atoms with E-state index in [1.807, 2.05) is 13.0 Å². The number of benzene rings is 1. The van der Waals surface area contributed by atoms with E-state index in [4.69, 9.17) is 0 Å². The van der Waals surface area contributed by atoms with Crippen LogP contribution in [0.1, 0.15) is 56.9 Å². The van der Waals surface area contributed by atoms with Gasteiger partial charge in [-0.2, -0.15) is 4.98 Å². The van der Waals surface area contributed by atoms with Crippen LogP contribution in [0.5, 0.6) is 0 Å². The molecule has 1 aliphatic carbocycles. The van der Waals surface area contributed by atoms with E-state index in [0.717, 1.165) is 18.7 Å². The summed E-state index contributed by atoms with van der Waals surface area (Å²) in [5, 5.41) is 17.6. The summed E-state index contributed by atoms with van der Waals surface area (Å²) >= 11 is 0. The Morgan fingerprint density at radius 3 is 2.76 bits per heavy atom. The van der Waals surface area contributed by atoms with E-state index in [1.165, 1.54) is 38.8 Å². The molecule has 0 bridgehead atoms. The van der Waals surface area contributed by atoms with Crippen LogP contribution in [0.25, 0.3) is 16.9 Å². The van der Waals surface area contributed by atoms with Gasteiger partial charge in [-0.25, -0.2) is 23.7 Å². The van der Waals surface area contributed by atoms with Gasteiger partial charge < -0.3 is 15.7 Å². The largest absolute Gasteiger partial charge is 0.384 e. The summed E-state index contributed by atoms with van der Waals surface area (Å²) < 4.78 is 18.0. The maximum absolute atomic E-state index is 15.1. The Morgan fingerprint density at radius 1 is 1.19 bits per heavy atom. The molecule has 192 valence electrons. The lowest BCUT2D eigenvalue weighted by Gasteiger charge is -2.34. The van der Waals surface area contributed by atoms with Crippen molar-refractivity contribution in [1.82, 2.24) is 29.6 Å². The molecule has 4 heterocycles. The monoisotopic (exact) mass is 503 g/mol. The molecule has 0 saturated heterocycles. The fourth-order valence-corrected chi connectivity index (χ4v) is 5.15. The Hall–Kier alpha value is -3.63. The molecule has 1 fully saturated rings. The molecule has 6 rings (SSSR count). The fourth-order valence-electron chi connectivity index (χ4n) is 5.15. The van der Waals surface area contributed by atoms with Crippen LogP contribution in [-0.2, 0) is 24.1 Å². The highest BCUT2D eigenvalue weighted by molar-refractivity contribution is 5.77. The van der Waals surface area contributed by atoms with Crippen molar-refractivity contribution in [2.75, 3.05) is 11.9 Å². The van der Waals surface area contributed by atoms with E-state index in [1.54, 1.807) is 0 Å². The molecule has 0 radical (unpaired) electrons. The third-order valence-electron chi connectivity index (χ3n) is 7.34. The predicted molar refractivity (Wildman–Crippen MR) is 139 cm³/mol. The van der Waals surface area contributed by atoms with Crippen molar-refractivity contribution in [3.8, 4) is 5.82 Å². The molecule has 2 aliphatic rings. The molecule has 4 aromatic rings. The summed E-state index contributed by atoms with van der Waals surface area (Å²) in [6, 6.07) is 8.96. The number of hydrogen-bond donors (Lipinski definition) is 3. The van der Waals surface area contributed by atoms with Crippen molar-refractivity contribution in [2.24, 2.45) is 0 Å². The highest BCUT2D eigenvalue weighted by Crippen LogP contribution is 2.44. The summed E-state index contributed by atoms with van der Waals surface area (Å²) in [4.78, 5) is 26.7. The third-order valence-corrected chi connectivity index (χ3v) is 7.34. The number of anilines is 2. The van der Waals surface area contributed by atoms with Gasteiger partial charge in [0.15, 0.2) is 17.3 Å². The number of aliphatic hydroxyl groups is 1. The van der Waals surface area contributed by atoms with Crippen LogP contribution in [0.2, 0.25) is 0 Å². The maximum Gasteiger partial charge on any atom is 0.278 e. The van der Waals surface area contributed by atoms with Crippen molar-refractivity contribution in [3.05, 3.63) is 69.5 Å². The van der Waals surface area contributed by atoms with Gasteiger partial charge in [0, 0.05) is 24.0 Å². The Kier molecular flexibility index (Phi) is 5.43. The molecular formula is C27H30FN7O2. The van der Waals surface area contributed by atoms with E-state index in [2.05, 4.69) is 51.6 Å². The standard InChI is InChI=1S/C27H30FN7O2/c1-4-13-34-24(36)18-15-29-25(31-17-5-6-19-16(14-17)9-12-30-26(19,2)3)33-22(18)35(34)23-20(28)7-8-21(32-23)27(37)10-11-27/h5-8,14-15,30,37H,4,9-13H2,1-3H3,(H,29,31,33). The molecule has 1 aliphatic heterocycles. The maximum atomic E-state index is 15.1. The SMILES string of the molecule is CCCn1c(=O)c2cnc(Nc3ccc4c(c3)CCNC4(C)C)nc2n1-c1nc(C2(O)CC2)ccc1F. The Morgan fingerprint density at radius 2 is 2.00 bits per heavy atom. The van der Waals surface area contributed by atoms with Gasteiger partial charge in [-0.1, -0.05) is 13.0 Å². The molecule has 0 unspecified atom stereocenters. The van der Waals surface area contributed by atoms with Crippen molar-refractivity contribution in [1.29, 1.82) is 0 Å². The van der Waals surface area contributed by atoms with Crippen LogP contribution in [-0.4, -0.2) is 36.0 Å². The van der Waals surface area contributed by atoms with Crippen molar-refractivity contribution < 1.29 is 9.50 Å². The van der Waals surface area contributed by atoms with Crippen LogP contribution < -0.4 is 16.2 Å². The van der Waals surface area contributed by atoms with Crippen LogP contribution in [0.15, 0.2) is 41.3 Å². The number of pyridine rings is 1. The minimum atomic E-state index is -1.04. The van der Waals surface area contributed by atoms with Gasteiger partial charge in [0.05, 0.1) is 5.69 Å². The number of nitrogens with one attached hydrogen (secondary N) is 2. The molecule has 0 amide bonds. The molecule has 9 nitrogen and oxygen atoms in total. The van der Waals surface area contributed by atoms with Crippen LogP contribution in [0.4, 0.5) is 16.0 Å². The lowest BCUT2D eigenvalue weighted by atomic mass is 9.85. The highest BCUT2D eigenvalue weighted by atomic mass is 19.1. The number of nitrogens with zero attached hydrogens (tertiary/aromatic N) is 5. The second-order valence-electron chi connectivity index (χ2n) is 10.5. The average Bonchev–Trinajstić information content (AvgIpc) is 3.56. The van der Waals surface area contributed by atoms with Crippen LogP contribution in [0.3, 0.4) is 0 Å². The summed E-state index contributed by atoms with van der Waals surface area (Å²) in [6.07, 6.45) is 4.19. The van der Waals surface area contributed by atoms with Gasteiger partial charge in [-0.15, -0.1) is 0 Å². The summed E-state index contributed by atoms with van der Waals surface area (Å²) in [5.41, 5.74) is 2.53. The first kappa shape index (κ1) is 23.7. The zero-order chi connectivity index (χ0) is 25.9. The molecule has 1 saturated carbocycles. The average molecular weight is 504 g/mol. The summed E-state index contributed by atoms with van der Waals surface area (Å²) in [7, 11) is 0. The summed E-state index contributed by atoms with van der Waals surface area (Å²) in [5.74, 6) is -0.374. The van der Waals surface area contributed by atoms with Crippen molar-refractivity contribution in [3.63, 3.8) is 0 Å². The van der Waals surface area contributed by atoms with Gasteiger partial charge in [0.1, 0.15) is 11.0 Å². The van der Waals surface area contributed by atoms with Gasteiger partial charge >= 0.3 is 0 Å². The third kappa shape index (κ3) is 4.00. The number of halogens is 1. The minimum absolute atomic E-state index is 0.0634. The Bertz CT molecular complexity index is 1590. The molecule has 1 aromatic carbocycles. The lowest BCUT2D eigenvalue weighted by molar-refractivity contribution is 0.146. The lowest BCUT2D eigenvalue weighted by Crippen LogP contribution is -2.42. The van der Waals surface area contributed by atoms with E-state index in [0.29, 0.717) is 37.4 Å². The molecule has 37 heavy (non-hydrogen) atoms. The zero-order valence-electron chi connectivity index (χ0n) is 21.2. The predicted octanol–water partition coefficient (Wildman–Crippen LogP) is 3.63. The highest BCUT2D eigenvalue weighted by Gasteiger charge is 2.44. The molecule has 3 aromatic heterocycles. The van der Waals surface area contributed by atoms with Gasteiger partial charge in [0.25, 0.3) is 5.56 Å². The number of aromatic nitrogens is 5. The van der Waals surface area contributed by atoms with Crippen LogP contribution >= 0.6 is 0 Å². The van der Waals surface area contributed by atoms with Crippen molar-refractivity contribution >= 4 is 22.7 Å². The van der Waals surface area contributed by atoms with Crippen molar-refractivity contribution in [2.45, 2.75) is 64.1 Å². The van der Waals surface area contributed by atoms with Crippen LogP contribution in [0, 0.1) is 5.82 Å². The molecule has 0 spiro atoms. The van der Waals surface area contributed by atoms with E-state index in [9.17, 15) is 9.90 Å². The van der Waals surface area contributed by atoms with E-state index in [-0.39, 0.29) is 27.9 Å². The zero-order valence-corrected chi connectivity index (χ0v) is 21.2. The number of rotatable bonds is 6. The second kappa shape index (κ2) is 8.46. The van der Waals surface area contributed by atoms with Gasteiger partial charge in [0.2, 0.25) is 5.95 Å². The minimum Gasteiger partial charge on any atom is -0.384 e. The second-order valence-corrected chi connectivity index (χ2v) is 10.5. The molecule has 10 heteroatoms. The Labute approximate surface area is 213 Å². The van der Waals surface area contributed by atoms with E-state index < -0.39 is 11.4 Å². The smallest absolute Gasteiger partial charge is 0.278 e. The summed E-state index contributed by atoms with van der Waals surface area (Å²) in [6.45, 7) is 7.52. The van der Waals surface area contributed by atoms with Gasteiger partial charge in [-0.3, -0.25) is 4.79 Å². The first-order chi connectivity index (χ1) is 17.7. The number of fused-ring (bicyclic) bond motifs is 2. The Balaban J connectivity index is 1.46. The quantitative estimate of drug-likeness (QED) is 0.369. The first-order valence-corrected chi connectivity index (χ1v) is 12.7.